The second kappa shape index (κ2) is 8.87. The number of benzene rings is 1. The van der Waals surface area contributed by atoms with Crippen molar-refractivity contribution in [2.75, 3.05) is 19.7 Å². The molecule has 1 saturated heterocycles. The zero-order chi connectivity index (χ0) is 14.4. The van der Waals surface area contributed by atoms with Gasteiger partial charge >= 0.3 is 0 Å². The molecule has 0 spiro atoms. The molecule has 0 saturated carbocycles. The number of nitrogens with one attached hydrogen (secondary N) is 2. The summed E-state index contributed by atoms with van der Waals surface area (Å²) in [5, 5.41) is 15.3. The number of β-amino-alcohol motifs (C(OH)–C–C–N with tert-alkyl or cyclic N) is 1. The molecular formula is C15H23ClN2O3. The van der Waals surface area contributed by atoms with Gasteiger partial charge in [0.15, 0.2) is 0 Å². The summed E-state index contributed by atoms with van der Waals surface area (Å²) in [6.45, 7) is 3.64. The first-order valence-corrected chi connectivity index (χ1v) is 7.10. The number of halogens is 1. The highest BCUT2D eigenvalue weighted by Gasteiger charge is 2.27. The lowest BCUT2D eigenvalue weighted by Crippen LogP contribution is -2.41. The molecule has 2 unspecified atom stereocenters. The molecule has 5 nitrogen and oxygen atoms in total. The Morgan fingerprint density at radius 3 is 2.90 bits per heavy atom. The van der Waals surface area contributed by atoms with E-state index in [1.165, 1.54) is 0 Å². The maximum absolute atomic E-state index is 11.9. The minimum absolute atomic E-state index is 0. The van der Waals surface area contributed by atoms with Gasteiger partial charge in [-0.15, -0.1) is 12.4 Å². The van der Waals surface area contributed by atoms with Crippen LogP contribution < -0.4 is 15.4 Å². The number of para-hydroxylation sites is 1. The number of carbonyl (C=O) groups excluding carboxylic acids is 1. The molecule has 1 amide bonds. The summed E-state index contributed by atoms with van der Waals surface area (Å²) >= 11 is 0. The first kappa shape index (κ1) is 17.8. The third-order valence-corrected chi connectivity index (χ3v) is 3.39. The van der Waals surface area contributed by atoms with Gasteiger partial charge in [0.2, 0.25) is 5.91 Å². The Balaban J connectivity index is 0.00000220. The number of aliphatic hydroxyl groups excluding tert-OH is 1. The molecule has 0 radical (unpaired) electrons. The van der Waals surface area contributed by atoms with Crippen LogP contribution in [-0.4, -0.2) is 42.9 Å². The Bertz CT molecular complexity index is 456. The second-order valence-corrected chi connectivity index (χ2v) is 4.93. The number of amides is 1. The molecule has 0 aromatic heterocycles. The molecule has 2 atom stereocenters. The lowest BCUT2D eigenvalue weighted by Gasteiger charge is -2.13. The van der Waals surface area contributed by atoms with Crippen LogP contribution in [0.1, 0.15) is 18.9 Å². The highest BCUT2D eigenvalue weighted by Crippen LogP contribution is 2.18. The number of hydrogen-bond donors (Lipinski definition) is 3. The van der Waals surface area contributed by atoms with E-state index in [-0.39, 0.29) is 24.4 Å². The SMILES string of the molecule is CCOc1ccccc1CCNC(=O)C1CC(O)CN1.Cl. The summed E-state index contributed by atoms with van der Waals surface area (Å²) in [4.78, 5) is 11.9. The molecule has 0 aliphatic carbocycles. The van der Waals surface area contributed by atoms with Crippen molar-refractivity contribution in [3.8, 4) is 5.75 Å². The number of carbonyl (C=O) groups is 1. The number of hydrogen-bond acceptors (Lipinski definition) is 4. The molecule has 1 aliphatic rings. The number of rotatable bonds is 6. The quantitative estimate of drug-likeness (QED) is 0.729. The Morgan fingerprint density at radius 2 is 2.24 bits per heavy atom. The zero-order valence-corrected chi connectivity index (χ0v) is 13.0. The van der Waals surface area contributed by atoms with Gasteiger partial charge in [0.1, 0.15) is 5.75 Å². The first-order chi connectivity index (χ1) is 9.70. The van der Waals surface area contributed by atoms with Crippen LogP contribution in [0.2, 0.25) is 0 Å². The predicted molar refractivity (Wildman–Crippen MR) is 84.0 cm³/mol. The van der Waals surface area contributed by atoms with E-state index in [4.69, 9.17) is 4.74 Å². The maximum atomic E-state index is 11.9. The van der Waals surface area contributed by atoms with E-state index in [9.17, 15) is 9.90 Å². The molecule has 1 aliphatic heterocycles. The summed E-state index contributed by atoms with van der Waals surface area (Å²) in [6, 6.07) is 7.59. The molecule has 1 aromatic carbocycles. The van der Waals surface area contributed by atoms with E-state index >= 15 is 0 Å². The largest absolute Gasteiger partial charge is 0.494 e. The molecule has 1 heterocycles. The highest BCUT2D eigenvalue weighted by atomic mass is 35.5. The topological polar surface area (TPSA) is 70.6 Å². The average Bonchev–Trinajstić information content (AvgIpc) is 2.88. The van der Waals surface area contributed by atoms with Crippen LogP contribution in [0.4, 0.5) is 0 Å². The van der Waals surface area contributed by atoms with E-state index in [0.717, 1.165) is 17.7 Å². The third kappa shape index (κ3) is 5.19. The van der Waals surface area contributed by atoms with Crippen molar-refractivity contribution < 1.29 is 14.6 Å². The normalized spacial score (nSPS) is 20.7. The fourth-order valence-corrected chi connectivity index (χ4v) is 2.37. The minimum atomic E-state index is -0.413. The molecular weight excluding hydrogens is 292 g/mol. The Kier molecular flexibility index (Phi) is 7.50. The molecule has 118 valence electrons. The summed E-state index contributed by atoms with van der Waals surface area (Å²) in [7, 11) is 0. The minimum Gasteiger partial charge on any atom is -0.494 e. The van der Waals surface area contributed by atoms with Crippen molar-refractivity contribution in [3.63, 3.8) is 0 Å². The van der Waals surface area contributed by atoms with Crippen LogP contribution in [0, 0.1) is 0 Å². The van der Waals surface area contributed by atoms with Crippen molar-refractivity contribution in [2.45, 2.75) is 31.9 Å². The molecule has 1 fully saturated rings. The van der Waals surface area contributed by atoms with Gasteiger partial charge in [-0.2, -0.15) is 0 Å². The summed E-state index contributed by atoms with van der Waals surface area (Å²) < 4.78 is 5.55. The smallest absolute Gasteiger partial charge is 0.237 e. The van der Waals surface area contributed by atoms with Gasteiger partial charge in [0, 0.05) is 13.1 Å². The molecule has 6 heteroatoms. The average molecular weight is 315 g/mol. The Hall–Kier alpha value is -1.30. The van der Waals surface area contributed by atoms with Crippen LogP contribution in [0.15, 0.2) is 24.3 Å². The van der Waals surface area contributed by atoms with Crippen molar-refractivity contribution in [1.82, 2.24) is 10.6 Å². The standard InChI is InChI=1S/C15H22N2O3.ClH/c1-2-20-14-6-4-3-5-11(14)7-8-16-15(19)13-9-12(18)10-17-13;/h3-6,12-13,17-18H,2,7-10H2,1H3,(H,16,19);1H. The van der Waals surface area contributed by atoms with Crippen molar-refractivity contribution in [1.29, 1.82) is 0 Å². The van der Waals surface area contributed by atoms with Crippen molar-refractivity contribution in [3.05, 3.63) is 29.8 Å². The van der Waals surface area contributed by atoms with Crippen LogP contribution in [0.3, 0.4) is 0 Å². The molecule has 3 N–H and O–H groups in total. The van der Waals surface area contributed by atoms with Gasteiger partial charge in [-0.05, 0) is 31.4 Å². The van der Waals surface area contributed by atoms with Crippen LogP contribution >= 0.6 is 12.4 Å². The summed E-state index contributed by atoms with van der Waals surface area (Å²) in [5.74, 6) is 0.828. The van der Waals surface area contributed by atoms with Gasteiger partial charge in [-0.25, -0.2) is 0 Å². The van der Waals surface area contributed by atoms with Crippen molar-refractivity contribution >= 4 is 18.3 Å². The van der Waals surface area contributed by atoms with Gasteiger partial charge in [0.25, 0.3) is 0 Å². The van der Waals surface area contributed by atoms with Gasteiger partial charge < -0.3 is 20.5 Å². The summed E-state index contributed by atoms with van der Waals surface area (Å²) in [5.41, 5.74) is 1.09. The Morgan fingerprint density at radius 1 is 1.48 bits per heavy atom. The molecule has 0 bridgehead atoms. The monoisotopic (exact) mass is 314 g/mol. The van der Waals surface area contributed by atoms with Gasteiger partial charge in [0.05, 0.1) is 18.8 Å². The zero-order valence-electron chi connectivity index (χ0n) is 12.2. The van der Waals surface area contributed by atoms with E-state index in [2.05, 4.69) is 10.6 Å². The molecule has 2 rings (SSSR count). The van der Waals surface area contributed by atoms with Gasteiger partial charge in [-0.1, -0.05) is 18.2 Å². The fraction of sp³-hybridized carbons (Fsp3) is 0.533. The number of aliphatic hydroxyl groups is 1. The van der Waals surface area contributed by atoms with Crippen LogP contribution in [0.5, 0.6) is 5.75 Å². The lowest BCUT2D eigenvalue weighted by molar-refractivity contribution is -0.122. The highest BCUT2D eigenvalue weighted by molar-refractivity contribution is 5.85. The molecule has 1 aromatic rings. The molecule has 21 heavy (non-hydrogen) atoms. The van der Waals surface area contributed by atoms with E-state index in [0.29, 0.717) is 26.1 Å². The van der Waals surface area contributed by atoms with E-state index < -0.39 is 6.10 Å². The van der Waals surface area contributed by atoms with Crippen LogP contribution in [0.25, 0.3) is 0 Å². The van der Waals surface area contributed by atoms with Gasteiger partial charge in [-0.3, -0.25) is 4.79 Å². The maximum Gasteiger partial charge on any atom is 0.237 e. The van der Waals surface area contributed by atoms with Crippen molar-refractivity contribution in [2.24, 2.45) is 0 Å². The number of ether oxygens (including phenoxy) is 1. The van der Waals surface area contributed by atoms with E-state index in [1.807, 2.05) is 31.2 Å². The Labute approximate surface area is 131 Å². The third-order valence-electron chi connectivity index (χ3n) is 3.39. The second-order valence-electron chi connectivity index (χ2n) is 4.93. The fourth-order valence-electron chi connectivity index (χ4n) is 2.37. The van der Waals surface area contributed by atoms with Crippen LogP contribution in [-0.2, 0) is 11.2 Å². The lowest BCUT2D eigenvalue weighted by atomic mass is 10.1. The predicted octanol–water partition coefficient (Wildman–Crippen LogP) is 0.889. The first-order valence-electron chi connectivity index (χ1n) is 7.10. The van der Waals surface area contributed by atoms with E-state index in [1.54, 1.807) is 0 Å². The summed E-state index contributed by atoms with van der Waals surface area (Å²) in [6.07, 6.45) is 0.808.